The highest BCUT2D eigenvalue weighted by atomic mass is 79.9. The monoisotopic (exact) mass is 511 g/mol. The molecule has 0 fully saturated rings. The summed E-state index contributed by atoms with van der Waals surface area (Å²) in [6.45, 7) is 3.97. The molecule has 170 valence electrons. The fourth-order valence-electron chi connectivity index (χ4n) is 3.63. The van der Waals surface area contributed by atoms with E-state index in [4.69, 9.17) is 0 Å². The highest BCUT2D eigenvalue weighted by Gasteiger charge is 2.18. The average Bonchev–Trinajstić information content (AvgIpc) is 3.43. The Hall–Kier alpha value is -3.66. The number of aromatic nitrogens is 3. The molecule has 0 unspecified atom stereocenters. The molecule has 10 heteroatoms. The fraction of sp³-hybridized carbons (Fsp3) is 0.217. The van der Waals surface area contributed by atoms with Gasteiger partial charge < -0.3 is 15.6 Å². The number of amides is 2. The molecule has 0 radical (unpaired) electrons. The van der Waals surface area contributed by atoms with Crippen molar-refractivity contribution < 1.29 is 14.1 Å². The van der Waals surface area contributed by atoms with Crippen LogP contribution < -0.4 is 16.4 Å². The maximum absolute atomic E-state index is 13.0. The quantitative estimate of drug-likeness (QED) is 0.280. The highest BCUT2D eigenvalue weighted by Crippen LogP contribution is 2.30. The van der Waals surface area contributed by atoms with Gasteiger partial charge in [0, 0.05) is 21.3 Å². The molecule has 9 nitrogen and oxygen atoms in total. The molecule has 0 saturated heterocycles. The molecule has 2 heterocycles. The Bertz CT molecular complexity index is 1380. The molecule has 2 amide bonds. The minimum Gasteiger partial charge on any atom is -0.349 e. The number of H-pyrrole nitrogens is 2. The Morgan fingerprint density at radius 3 is 2.55 bits per heavy atom. The number of aromatic amines is 2. The van der Waals surface area contributed by atoms with Crippen molar-refractivity contribution in [2.24, 2.45) is 5.92 Å². The number of nitrogens with one attached hydrogen (secondary N) is 4. The van der Waals surface area contributed by atoms with Crippen LogP contribution in [-0.4, -0.2) is 26.9 Å². The summed E-state index contributed by atoms with van der Waals surface area (Å²) in [4.78, 5) is 42.6. The van der Waals surface area contributed by atoms with Crippen molar-refractivity contribution >= 4 is 50.0 Å². The van der Waals surface area contributed by atoms with Gasteiger partial charge in [0.1, 0.15) is 5.69 Å². The van der Waals surface area contributed by atoms with Gasteiger partial charge in [-0.25, -0.2) is 4.79 Å². The number of hydrogen-bond acceptors (Lipinski definition) is 5. The molecular formula is C23H22BrN5O4. The van der Waals surface area contributed by atoms with E-state index in [1.807, 2.05) is 26.0 Å². The van der Waals surface area contributed by atoms with Crippen LogP contribution in [0, 0.1) is 5.92 Å². The second-order valence-electron chi connectivity index (χ2n) is 7.54. The zero-order valence-corrected chi connectivity index (χ0v) is 19.6. The largest absolute Gasteiger partial charge is 0.439 e. The van der Waals surface area contributed by atoms with Gasteiger partial charge in [0.05, 0.1) is 16.9 Å². The molecule has 0 spiro atoms. The Morgan fingerprint density at radius 1 is 1.06 bits per heavy atom. The van der Waals surface area contributed by atoms with Gasteiger partial charge in [-0.3, -0.25) is 19.1 Å². The normalized spacial score (nSPS) is 11.2. The van der Waals surface area contributed by atoms with E-state index in [1.54, 1.807) is 30.3 Å². The van der Waals surface area contributed by atoms with Crippen molar-refractivity contribution in [2.75, 3.05) is 10.6 Å². The number of carbonyl (C=O) groups is 2. The zero-order chi connectivity index (χ0) is 23.5. The number of fused-ring (bicyclic) bond motifs is 1. The van der Waals surface area contributed by atoms with Gasteiger partial charge in [0.25, 0.3) is 5.91 Å². The van der Waals surface area contributed by atoms with E-state index in [0.29, 0.717) is 28.1 Å². The highest BCUT2D eigenvalue weighted by molar-refractivity contribution is 9.10. The molecule has 33 heavy (non-hydrogen) atoms. The molecule has 0 atom stereocenters. The van der Waals surface area contributed by atoms with E-state index in [2.05, 4.69) is 46.2 Å². The summed E-state index contributed by atoms with van der Waals surface area (Å²) in [6.07, 6.45) is 1.51. The van der Waals surface area contributed by atoms with Crippen LogP contribution in [-0.2, 0) is 4.79 Å². The Balaban J connectivity index is 1.63. The standard InChI is InChI=1S/C23H22BrN5O4/c1-3-12(4-2)21(30)27-17-7-5-6-13-10-18(25-19(13)17)22(31)26-16-9-8-14(24)11-15(16)20-28-23(32)33-29-20/h5-12,25H,3-4H2,1-2H3,(H,26,31)(H,27,30)(H,28,29,32). The summed E-state index contributed by atoms with van der Waals surface area (Å²) >= 11 is 3.38. The van der Waals surface area contributed by atoms with Gasteiger partial charge in [0.2, 0.25) is 5.91 Å². The van der Waals surface area contributed by atoms with Gasteiger partial charge in [0.15, 0.2) is 5.82 Å². The Morgan fingerprint density at radius 2 is 1.85 bits per heavy atom. The molecule has 0 aliphatic carbocycles. The second kappa shape index (κ2) is 9.45. The number of hydrogen-bond donors (Lipinski definition) is 4. The summed E-state index contributed by atoms with van der Waals surface area (Å²) in [6, 6.07) is 12.4. The van der Waals surface area contributed by atoms with Crippen molar-refractivity contribution in [3.8, 4) is 11.4 Å². The number of para-hydroxylation sites is 1. The summed E-state index contributed by atoms with van der Waals surface area (Å²) in [5.74, 6) is -1.01. The lowest BCUT2D eigenvalue weighted by atomic mass is 10.0. The molecule has 4 N–H and O–H groups in total. The predicted molar refractivity (Wildman–Crippen MR) is 129 cm³/mol. The molecule has 2 aromatic carbocycles. The predicted octanol–water partition coefficient (Wildman–Crippen LogP) is 4.90. The van der Waals surface area contributed by atoms with Crippen molar-refractivity contribution in [3.05, 3.63) is 63.2 Å². The van der Waals surface area contributed by atoms with Gasteiger partial charge in [-0.05, 0) is 43.2 Å². The van der Waals surface area contributed by atoms with Gasteiger partial charge in [-0.2, -0.15) is 0 Å². The van der Waals surface area contributed by atoms with E-state index >= 15 is 0 Å². The van der Waals surface area contributed by atoms with Crippen LogP contribution in [0.4, 0.5) is 11.4 Å². The second-order valence-corrected chi connectivity index (χ2v) is 8.46. The number of halogens is 1. The van der Waals surface area contributed by atoms with Crippen molar-refractivity contribution in [3.63, 3.8) is 0 Å². The van der Waals surface area contributed by atoms with E-state index in [9.17, 15) is 14.4 Å². The third-order valence-corrected chi connectivity index (χ3v) is 5.93. The number of carbonyl (C=O) groups excluding carboxylic acids is 2. The topological polar surface area (TPSA) is 133 Å². The van der Waals surface area contributed by atoms with Crippen LogP contribution in [0.5, 0.6) is 0 Å². The molecule has 0 aliphatic heterocycles. The van der Waals surface area contributed by atoms with E-state index in [0.717, 1.165) is 22.7 Å². The third-order valence-electron chi connectivity index (χ3n) is 5.44. The summed E-state index contributed by atoms with van der Waals surface area (Å²) < 4.78 is 5.33. The fourth-order valence-corrected chi connectivity index (χ4v) is 4.00. The maximum Gasteiger partial charge on any atom is 0.439 e. The average molecular weight is 512 g/mol. The minimum atomic E-state index is -0.694. The number of anilines is 2. The zero-order valence-electron chi connectivity index (χ0n) is 18.0. The van der Waals surface area contributed by atoms with Crippen LogP contribution in [0.15, 0.2) is 56.3 Å². The Labute approximate surface area is 197 Å². The summed E-state index contributed by atoms with van der Waals surface area (Å²) in [7, 11) is 0. The molecule has 0 bridgehead atoms. The molecule has 0 saturated carbocycles. The lowest BCUT2D eigenvalue weighted by Crippen LogP contribution is -2.21. The van der Waals surface area contributed by atoms with Gasteiger partial charge in [-0.1, -0.05) is 47.1 Å². The lowest BCUT2D eigenvalue weighted by Gasteiger charge is -2.13. The van der Waals surface area contributed by atoms with Crippen LogP contribution in [0.2, 0.25) is 0 Å². The molecule has 4 aromatic rings. The van der Waals surface area contributed by atoms with Crippen LogP contribution in [0.3, 0.4) is 0 Å². The van der Waals surface area contributed by atoms with E-state index in [1.165, 1.54) is 0 Å². The Kier molecular flexibility index (Phi) is 6.45. The SMILES string of the molecule is CCC(CC)C(=O)Nc1cccc2cc(C(=O)Nc3ccc(Br)cc3-c3noc(=O)[nH]3)[nH]c12. The van der Waals surface area contributed by atoms with Crippen LogP contribution >= 0.6 is 15.9 Å². The first-order chi connectivity index (χ1) is 15.9. The first-order valence-corrected chi connectivity index (χ1v) is 11.3. The molecular weight excluding hydrogens is 490 g/mol. The first kappa shape index (κ1) is 22.5. The summed E-state index contributed by atoms with van der Waals surface area (Å²) in [5, 5.41) is 10.3. The molecule has 4 rings (SSSR count). The van der Waals surface area contributed by atoms with Gasteiger partial charge in [-0.15, -0.1) is 0 Å². The minimum absolute atomic E-state index is 0.0470. The first-order valence-electron chi connectivity index (χ1n) is 10.5. The van der Waals surface area contributed by atoms with Crippen molar-refractivity contribution in [1.82, 2.24) is 15.1 Å². The van der Waals surface area contributed by atoms with Crippen molar-refractivity contribution in [2.45, 2.75) is 26.7 Å². The van der Waals surface area contributed by atoms with Gasteiger partial charge >= 0.3 is 5.76 Å². The number of benzene rings is 2. The maximum atomic E-state index is 13.0. The molecule has 0 aliphatic rings. The third kappa shape index (κ3) is 4.75. The van der Waals surface area contributed by atoms with E-state index in [-0.39, 0.29) is 17.6 Å². The lowest BCUT2D eigenvalue weighted by molar-refractivity contribution is -0.120. The van der Waals surface area contributed by atoms with Crippen LogP contribution in [0.25, 0.3) is 22.3 Å². The smallest absolute Gasteiger partial charge is 0.349 e. The van der Waals surface area contributed by atoms with E-state index < -0.39 is 11.7 Å². The van der Waals surface area contributed by atoms with Crippen molar-refractivity contribution in [1.29, 1.82) is 0 Å². The van der Waals surface area contributed by atoms with Crippen LogP contribution in [0.1, 0.15) is 37.2 Å². The number of nitrogens with zero attached hydrogens (tertiary/aromatic N) is 1. The summed E-state index contributed by atoms with van der Waals surface area (Å²) in [5.41, 5.74) is 2.52. The molecule has 2 aromatic heterocycles. The number of rotatable bonds is 7.